The van der Waals surface area contributed by atoms with Crippen LogP contribution in [0, 0.1) is 0 Å². The van der Waals surface area contributed by atoms with E-state index in [0.29, 0.717) is 0 Å². The summed E-state index contributed by atoms with van der Waals surface area (Å²) in [7, 11) is 0. The second-order valence-corrected chi connectivity index (χ2v) is 5.99. The van der Waals surface area contributed by atoms with Crippen molar-refractivity contribution in [3.8, 4) is 0 Å². The minimum atomic E-state index is 1.10. The molecular weight excluding hydrogens is 252 g/mol. The summed E-state index contributed by atoms with van der Waals surface area (Å²) in [6.45, 7) is 0. The van der Waals surface area contributed by atoms with Crippen LogP contribution in [-0.2, 0) is 12.8 Å². The first-order valence-corrected chi connectivity index (χ1v) is 8.07. The van der Waals surface area contributed by atoms with Gasteiger partial charge in [0.25, 0.3) is 0 Å². The van der Waals surface area contributed by atoms with E-state index in [1.54, 1.807) is 5.56 Å². The van der Waals surface area contributed by atoms with Gasteiger partial charge < -0.3 is 0 Å². The van der Waals surface area contributed by atoms with E-state index in [0.717, 1.165) is 11.2 Å². The molecule has 3 aromatic rings. The van der Waals surface area contributed by atoms with Gasteiger partial charge in [0.15, 0.2) is 0 Å². The Morgan fingerprint density at radius 2 is 2.00 bits per heavy atom. The van der Waals surface area contributed by atoms with Crippen molar-refractivity contribution >= 4 is 28.4 Å². The summed E-state index contributed by atoms with van der Waals surface area (Å²) in [4.78, 5) is 6.20. The number of hydrogen-bond donors (Lipinski definition) is 0. The largest absolute Gasteiger partial charge is 0.296 e. The van der Waals surface area contributed by atoms with E-state index in [1.807, 2.05) is 11.8 Å². The number of benzene rings is 1. The predicted molar refractivity (Wildman–Crippen MR) is 81.1 cm³/mol. The van der Waals surface area contributed by atoms with Gasteiger partial charge in [-0.15, -0.1) is 11.8 Å². The third-order valence-corrected chi connectivity index (χ3v) is 4.88. The van der Waals surface area contributed by atoms with Crippen molar-refractivity contribution in [1.82, 2.24) is 9.38 Å². The van der Waals surface area contributed by atoms with Crippen molar-refractivity contribution in [1.29, 1.82) is 0 Å². The Kier molecular flexibility index (Phi) is 2.55. The molecule has 0 saturated carbocycles. The quantitative estimate of drug-likeness (QED) is 0.618. The van der Waals surface area contributed by atoms with Gasteiger partial charge in [-0.2, -0.15) is 0 Å². The maximum absolute atomic E-state index is 4.78. The molecule has 1 aliphatic carbocycles. The molecule has 0 fully saturated rings. The molecule has 1 aromatic carbocycles. The monoisotopic (exact) mass is 268 g/mol. The van der Waals surface area contributed by atoms with Gasteiger partial charge in [-0.25, -0.2) is 4.98 Å². The molecule has 0 radical (unpaired) electrons. The van der Waals surface area contributed by atoms with E-state index >= 15 is 0 Å². The molecule has 2 nitrogen and oxygen atoms in total. The van der Waals surface area contributed by atoms with Gasteiger partial charge in [-0.05, 0) is 55.7 Å². The lowest BCUT2D eigenvalue weighted by Gasteiger charge is -2.20. The number of thioether (sulfide) groups is 1. The fourth-order valence-corrected chi connectivity index (χ4v) is 3.90. The van der Waals surface area contributed by atoms with Crippen LogP contribution >= 0.6 is 11.8 Å². The van der Waals surface area contributed by atoms with Crippen LogP contribution in [0.25, 0.3) is 16.7 Å². The molecule has 2 heterocycles. The normalized spacial score (nSPS) is 15.0. The Balaban J connectivity index is 2.18. The lowest BCUT2D eigenvalue weighted by atomic mass is 9.96. The first kappa shape index (κ1) is 11.4. The van der Waals surface area contributed by atoms with E-state index in [2.05, 4.69) is 41.0 Å². The number of aromatic nitrogens is 2. The SMILES string of the molecule is CSc1cc2nc3ccccc3n2c2c1CCCC2. The number of imidazole rings is 1. The van der Waals surface area contributed by atoms with Crippen LogP contribution in [0.3, 0.4) is 0 Å². The average molecular weight is 268 g/mol. The van der Waals surface area contributed by atoms with E-state index in [4.69, 9.17) is 4.98 Å². The second-order valence-electron chi connectivity index (χ2n) is 5.14. The van der Waals surface area contributed by atoms with Crippen LogP contribution in [0.15, 0.2) is 35.2 Å². The summed E-state index contributed by atoms with van der Waals surface area (Å²) in [6, 6.07) is 10.7. The van der Waals surface area contributed by atoms with E-state index < -0.39 is 0 Å². The number of para-hydroxylation sites is 2. The van der Waals surface area contributed by atoms with Crippen molar-refractivity contribution in [2.24, 2.45) is 0 Å². The minimum Gasteiger partial charge on any atom is -0.296 e. The fraction of sp³-hybridized carbons (Fsp3) is 0.312. The molecule has 96 valence electrons. The molecule has 0 spiro atoms. The molecule has 0 N–H and O–H groups in total. The zero-order chi connectivity index (χ0) is 12.8. The topological polar surface area (TPSA) is 17.3 Å². The number of nitrogens with zero attached hydrogens (tertiary/aromatic N) is 2. The molecule has 3 heteroatoms. The van der Waals surface area contributed by atoms with Crippen molar-refractivity contribution in [2.75, 3.05) is 6.26 Å². The van der Waals surface area contributed by atoms with Crippen LogP contribution in [0.4, 0.5) is 0 Å². The van der Waals surface area contributed by atoms with Gasteiger partial charge >= 0.3 is 0 Å². The molecule has 0 amide bonds. The maximum atomic E-state index is 4.78. The number of fused-ring (bicyclic) bond motifs is 5. The standard InChI is InChI=1S/C16H16N2S/c1-19-15-10-16-17-12-7-3-5-9-14(12)18(16)13-8-4-2-6-11(13)15/h3,5,7,9-10H,2,4,6,8H2,1H3. The maximum Gasteiger partial charge on any atom is 0.139 e. The first-order valence-electron chi connectivity index (χ1n) is 6.84. The third-order valence-electron chi connectivity index (χ3n) is 4.07. The highest BCUT2D eigenvalue weighted by Gasteiger charge is 2.19. The third kappa shape index (κ3) is 1.61. The predicted octanol–water partition coefficient (Wildman–Crippen LogP) is 4.09. The van der Waals surface area contributed by atoms with Gasteiger partial charge in [0.2, 0.25) is 0 Å². The number of hydrogen-bond acceptors (Lipinski definition) is 2. The molecular formula is C16H16N2S. The Morgan fingerprint density at radius 3 is 2.89 bits per heavy atom. The molecule has 0 bridgehead atoms. The van der Waals surface area contributed by atoms with Crippen LogP contribution < -0.4 is 0 Å². The van der Waals surface area contributed by atoms with E-state index in [9.17, 15) is 0 Å². The summed E-state index contributed by atoms with van der Waals surface area (Å²) >= 11 is 1.85. The average Bonchev–Trinajstić information content (AvgIpc) is 2.84. The van der Waals surface area contributed by atoms with Crippen LogP contribution in [0.5, 0.6) is 0 Å². The summed E-state index contributed by atoms with van der Waals surface area (Å²) in [5, 5.41) is 0. The molecule has 0 saturated heterocycles. The molecule has 0 atom stereocenters. The Bertz CT molecular complexity index is 773. The lowest BCUT2D eigenvalue weighted by molar-refractivity contribution is 0.652. The minimum absolute atomic E-state index is 1.10. The van der Waals surface area contributed by atoms with Crippen molar-refractivity contribution in [3.05, 3.63) is 41.6 Å². The fourth-order valence-electron chi connectivity index (χ4n) is 3.21. The Labute approximate surface area is 116 Å². The number of rotatable bonds is 1. The van der Waals surface area contributed by atoms with Gasteiger partial charge in [-0.1, -0.05) is 12.1 Å². The highest BCUT2D eigenvalue weighted by molar-refractivity contribution is 7.98. The first-order chi connectivity index (χ1) is 9.38. The smallest absolute Gasteiger partial charge is 0.139 e. The molecule has 0 unspecified atom stereocenters. The summed E-state index contributed by atoms with van der Waals surface area (Å²) < 4.78 is 2.38. The van der Waals surface area contributed by atoms with Crippen molar-refractivity contribution < 1.29 is 0 Å². The van der Waals surface area contributed by atoms with Gasteiger partial charge in [0.1, 0.15) is 5.65 Å². The molecule has 0 aliphatic heterocycles. The van der Waals surface area contributed by atoms with Gasteiger partial charge in [-0.3, -0.25) is 4.40 Å². The molecule has 1 aliphatic rings. The molecule has 2 aromatic heterocycles. The number of aryl methyl sites for hydroxylation is 1. The van der Waals surface area contributed by atoms with Gasteiger partial charge in [0.05, 0.1) is 11.0 Å². The summed E-state index contributed by atoms with van der Waals surface area (Å²) in [6.07, 6.45) is 7.18. The Morgan fingerprint density at radius 1 is 1.16 bits per heavy atom. The molecule has 19 heavy (non-hydrogen) atoms. The van der Waals surface area contributed by atoms with Crippen LogP contribution in [-0.4, -0.2) is 15.6 Å². The van der Waals surface area contributed by atoms with Gasteiger partial charge in [0, 0.05) is 10.6 Å². The lowest BCUT2D eigenvalue weighted by Crippen LogP contribution is -2.10. The second kappa shape index (κ2) is 4.27. The van der Waals surface area contributed by atoms with E-state index in [-0.39, 0.29) is 0 Å². The summed E-state index contributed by atoms with van der Waals surface area (Å²) in [5.41, 5.74) is 6.50. The summed E-state index contributed by atoms with van der Waals surface area (Å²) in [5.74, 6) is 0. The highest BCUT2D eigenvalue weighted by Crippen LogP contribution is 2.33. The van der Waals surface area contributed by atoms with Crippen LogP contribution in [0.2, 0.25) is 0 Å². The van der Waals surface area contributed by atoms with Crippen LogP contribution in [0.1, 0.15) is 24.1 Å². The van der Waals surface area contributed by atoms with E-state index in [1.165, 1.54) is 41.8 Å². The zero-order valence-corrected chi connectivity index (χ0v) is 11.8. The van der Waals surface area contributed by atoms with Crippen molar-refractivity contribution in [2.45, 2.75) is 30.6 Å². The zero-order valence-electron chi connectivity index (χ0n) is 11.0. The Hall–Kier alpha value is -1.48. The highest BCUT2D eigenvalue weighted by atomic mass is 32.2. The molecule has 4 rings (SSSR count). The number of pyridine rings is 1. The van der Waals surface area contributed by atoms with Crippen molar-refractivity contribution in [3.63, 3.8) is 0 Å².